The zero-order valence-corrected chi connectivity index (χ0v) is 15.8. The maximum absolute atomic E-state index is 13.3. The first-order chi connectivity index (χ1) is 11.7. The number of rotatable bonds is 4. The molecule has 0 amide bonds. The predicted octanol–water partition coefficient (Wildman–Crippen LogP) is 3.10. The van der Waals surface area contributed by atoms with Crippen LogP contribution >= 0.6 is 10.2 Å². The van der Waals surface area contributed by atoms with Gasteiger partial charge in [-0.1, -0.05) is 0 Å². The Morgan fingerprint density at radius 2 is 1.88 bits per heavy atom. The van der Waals surface area contributed by atoms with Crippen molar-refractivity contribution >= 4 is 16.2 Å². The van der Waals surface area contributed by atoms with Gasteiger partial charge in [0.15, 0.2) is 0 Å². The molecule has 0 aliphatic carbocycles. The van der Waals surface area contributed by atoms with Crippen molar-refractivity contribution in [2.75, 3.05) is 24.7 Å². The summed E-state index contributed by atoms with van der Waals surface area (Å²) in [6.45, 7) is 3.66. The fraction of sp³-hybridized carbons (Fsp3) is 0.412. The monoisotopic (exact) mass is 369 g/mol. The molecule has 0 fully saturated rings. The van der Waals surface area contributed by atoms with Crippen molar-refractivity contribution in [3.05, 3.63) is 41.3 Å². The first-order valence-corrected chi connectivity index (χ1v) is 9.71. The molecule has 1 aromatic carbocycles. The zero-order valence-electron chi connectivity index (χ0n) is 15.0. The molecular formula is C17H24FN3O3S+2. The number of anilines is 1. The van der Waals surface area contributed by atoms with Crippen LogP contribution in [0.1, 0.15) is 31.0 Å². The second-order valence-corrected chi connectivity index (χ2v) is 8.44. The van der Waals surface area contributed by atoms with Gasteiger partial charge in [-0.15, -0.1) is 0 Å². The van der Waals surface area contributed by atoms with Crippen molar-refractivity contribution in [3.63, 3.8) is 0 Å². The first-order valence-electron chi connectivity index (χ1n) is 7.83. The Morgan fingerprint density at radius 1 is 1.28 bits per heavy atom. The average molecular weight is 369 g/mol. The molecule has 0 aliphatic heterocycles. The Kier molecular flexibility index (Phi) is 5.99. The van der Waals surface area contributed by atoms with Gasteiger partial charge in [-0.05, 0) is 0 Å². The van der Waals surface area contributed by atoms with Crippen molar-refractivity contribution in [1.29, 1.82) is 0 Å². The van der Waals surface area contributed by atoms with Crippen LogP contribution in [0.25, 0.3) is 11.3 Å². The third-order valence-corrected chi connectivity index (χ3v) is 5.84. The van der Waals surface area contributed by atoms with Crippen LogP contribution in [-0.4, -0.2) is 39.7 Å². The van der Waals surface area contributed by atoms with Gasteiger partial charge in [0.05, 0.1) is 0 Å². The quantitative estimate of drug-likeness (QED) is 0.840. The van der Waals surface area contributed by atoms with E-state index in [9.17, 15) is 13.5 Å². The van der Waals surface area contributed by atoms with E-state index in [0.717, 1.165) is 0 Å². The molecule has 136 valence electrons. The van der Waals surface area contributed by atoms with Crippen LogP contribution in [0.3, 0.4) is 0 Å². The number of hydrogen-bond acceptors (Lipinski definition) is 4. The van der Waals surface area contributed by atoms with Gasteiger partial charge in [0.2, 0.25) is 0 Å². The second-order valence-electron chi connectivity index (χ2n) is 6.00. The summed E-state index contributed by atoms with van der Waals surface area (Å²) < 4.78 is 31.2. The predicted molar refractivity (Wildman–Crippen MR) is 98.2 cm³/mol. The summed E-state index contributed by atoms with van der Waals surface area (Å²) in [5.74, 6) is -0.0903. The molecule has 0 aliphatic rings. The summed E-state index contributed by atoms with van der Waals surface area (Å²) in [5, 5.41) is 9.86. The summed E-state index contributed by atoms with van der Waals surface area (Å²) in [6.07, 6.45) is 1.50. The number of aliphatic hydroxyl groups excluding tert-OH is 1. The van der Waals surface area contributed by atoms with Crippen molar-refractivity contribution in [3.8, 4) is 11.3 Å². The molecule has 1 unspecified atom stereocenters. The van der Waals surface area contributed by atoms with Gasteiger partial charge in [-0.2, -0.15) is 0 Å². The van der Waals surface area contributed by atoms with Gasteiger partial charge < -0.3 is 0 Å². The minimum absolute atomic E-state index is 0.0166. The third kappa shape index (κ3) is 4.09. The molecule has 0 spiro atoms. The molecule has 2 N–H and O–H groups in total. The van der Waals surface area contributed by atoms with Crippen LogP contribution in [0, 0.1) is 5.82 Å². The van der Waals surface area contributed by atoms with Gasteiger partial charge in [0.25, 0.3) is 0 Å². The van der Waals surface area contributed by atoms with E-state index in [-0.39, 0.29) is 24.3 Å². The van der Waals surface area contributed by atoms with Crippen LogP contribution in [0.15, 0.2) is 24.3 Å². The molecule has 2 aromatic rings. The summed E-state index contributed by atoms with van der Waals surface area (Å²) in [5.41, 5.74) is 2.38. The third-order valence-electron chi connectivity index (χ3n) is 3.98. The molecule has 1 heterocycles. The van der Waals surface area contributed by atoms with Gasteiger partial charge in [0.1, 0.15) is 0 Å². The van der Waals surface area contributed by atoms with E-state index in [1.807, 2.05) is 13.8 Å². The number of aliphatic hydroxyl groups is 2. The Labute approximate surface area is 148 Å². The maximum atomic E-state index is 13.3. The Balaban J connectivity index is 2.73. The Bertz CT molecular complexity index is 859. The van der Waals surface area contributed by atoms with Crippen molar-refractivity contribution in [1.82, 2.24) is 9.97 Å². The van der Waals surface area contributed by atoms with E-state index in [2.05, 4.69) is 14.2 Å². The summed E-state index contributed by atoms with van der Waals surface area (Å²) in [4.78, 5) is 9.00. The molecule has 0 saturated heterocycles. The van der Waals surface area contributed by atoms with E-state index >= 15 is 0 Å². The fourth-order valence-corrected chi connectivity index (χ4v) is 3.01. The van der Waals surface area contributed by atoms with E-state index in [4.69, 9.17) is 0 Å². The van der Waals surface area contributed by atoms with Gasteiger partial charge in [0, 0.05) is 0 Å². The molecule has 25 heavy (non-hydrogen) atoms. The van der Waals surface area contributed by atoms with E-state index in [1.165, 1.54) is 29.8 Å². The van der Waals surface area contributed by atoms with E-state index in [1.54, 1.807) is 19.2 Å². The van der Waals surface area contributed by atoms with Gasteiger partial charge in [-0.25, -0.2) is 0 Å². The van der Waals surface area contributed by atoms with Gasteiger partial charge >= 0.3 is 148 Å². The SMILES string of the molecule is C[OH+]S(C)(#[O+])N(C)c1nc(-c2ccc(F)cc2)c(CO)c(C(C)C)n1. The second kappa shape index (κ2) is 7.65. The van der Waals surface area contributed by atoms with Crippen LogP contribution in [0.2, 0.25) is 0 Å². The fourth-order valence-electron chi connectivity index (χ4n) is 2.38. The van der Waals surface area contributed by atoms with Crippen LogP contribution in [0.4, 0.5) is 10.3 Å². The molecule has 2 rings (SSSR count). The van der Waals surface area contributed by atoms with E-state index in [0.29, 0.717) is 22.5 Å². The average Bonchev–Trinajstić information content (AvgIpc) is 2.60. The van der Waals surface area contributed by atoms with Crippen LogP contribution < -0.4 is 4.31 Å². The van der Waals surface area contributed by atoms with E-state index < -0.39 is 10.2 Å². The number of nitrogens with zero attached hydrogens (tertiary/aromatic N) is 3. The summed E-state index contributed by atoms with van der Waals surface area (Å²) >= 11 is 0. The molecule has 1 atom stereocenters. The molecule has 1 aromatic heterocycles. The normalized spacial score (nSPS) is 13.7. The number of hydrogen-bond donors (Lipinski definition) is 1. The van der Waals surface area contributed by atoms with Crippen molar-refractivity contribution in [2.45, 2.75) is 26.4 Å². The zero-order chi connectivity index (χ0) is 18.8. The molecule has 0 bridgehead atoms. The first kappa shape index (κ1) is 19.6. The Morgan fingerprint density at radius 3 is 2.36 bits per heavy atom. The Hall–Kier alpha value is -1.74. The number of benzene rings is 1. The molecule has 0 saturated carbocycles. The van der Waals surface area contributed by atoms with Gasteiger partial charge in [-0.3, -0.25) is 0 Å². The topological polar surface area (TPSA) is 82.0 Å². The number of halogens is 1. The summed E-state index contributed by atoms with van der Waals surface area (Å²) in [7, 11) is 0.432. The number of aromatic nitrogens is 2. The van der Waals surface area contributed by atoms with Crippen molar-refractivity contribution in [2.24, 2.45) is 0 Å². The van der Waals surface area contributed by atoms with Crippen LogP contribution in [0.5, 0.6) is 0 Å². The molecule has 8 heteroatoms. The molecular weight excluding hydrogens is 345 g/mol. The minimum atomic E-state index is -2.66. The van der Waals surface area contributed by atoms with Crippen molar-refractivity contribution < 1.29 is 17.7 Å². The standard InChI is InChI=1S/C17H23FN3O3S/c1-11(2)15-14(10-22)16(12-6-8-13(18)9-7-12)20-17(19-15)21(3)25(5,23)24-4/h6-9,11,22H,10H2,1-5H3/q+1/p+1. The van der Waals surface area contributed by atoms with Crippen LogP contribution in [-0.2, 0) is 10.7 Å². The molecule has 0 radical (unpaired) electrons. The summed E-state index contributed by atoms with van der Waals surface area (Å²) in [6, 6.07) is 5.86. The molecule has 6 nitrogen and oxygen atoms in total.